The number of hydrazine groups is 2. The molecular weight excluding hydrogens is 186 g/mol. The summed E-state index contributed by atoms with van der Waals surface area (Å²) in [5, 5.41) is 0. The predicted octanol–water partition coefficient (Wildman–Crippen LogP) is -1.71. The first-order chi connectivity index (χ1) is 6.69. The maximum Gasteiger partial charge on any atom is 0.283 e. The molecule has 1 rings (SSSR count). The van der Waals surface area contributed by atoms with Gasteiger partial charge in [0.25, 0.3) is 11.8 Å². The molecule has 2 amide bonds. The van der Waals surface area contributed by atoms with Crippen LogP contribution >= 0.6 is 0 Å². The van der Waals surface area contributed by atoms with Crippen molar-refractivity contribution < 1.29 is 9.59 Å². The Kier molecular flexibility index (Phi) is 3.10. The lowest BCUT2D eigenvalue weighted by Crippen LogP contribution is -2.32. The number of hydrogen-bond donors (Lipinski definition) is 4. The molecule has 0 fully saturated rings. The van der Waals surface area contributed by atoms with E-state index in [1.807, 2.05) is 10.9 Å². The Morgan fingerprint density at radius 2 is 1.86 bits per heavy atom. The summed E-state index contributed by atoms with van der Waals surface area (Å²) in [4.78, 5) is 25.8. The minimum Gasteiger partial charge on any atom is -0.290 e. The van der Waals surface area contributed by atoms with Crippen molar-refractivity contribution >= 4 is 11.8 Å². The zero-order chi connectivity index (χ0) is 10.6. The van der Waals surface area contributed by atoms with Crippen molar-refractivity contribution in [2.75, 3.05) is 0 Å². The highest BCUT2D eigenvalue weighted by Crippen LogP contribution is 2.00. The fraction of sp³-hybridized carbons (Fsp3) is 0. The molecule has 0 radical (unpaired) electrons. The summed E-state index contributed by atoms with van der Waals surface area (Å²) in [5.74, 6) is 8.74. The lowest BCUT2D eigenvalue weighted by atomic mass is 10.2. The Balaban J connectivity index is 3.01. The standard InChI is InChI=1S/C7H9N5O2/c8-11-6(13)4-1-2-10-5(3-4)7(14)12-9/h1-3H,8-9H2,(H,11,13)(H,12,14). The molecular formula is C7H9N5O2. The van der Waals surface area contributed by atoms with E-state index in [0.717, 1.165) is 0 Å². The van der Waals surface area contributed by atoms with E-state index >= 15 is 0 Å². The highest BCUT2D eigenvalue weighted by molar-refractivity contribution is 5.97. The van der Waals surface area contributed by atoms with Crippen LogP contribution in [0.3, 0.4) is 0 Å². The number of pyridine rings is 1. The van der Waals surface area contributed by atoms with Crippen LogP contribution in [0.15, 0.2) is 18.3 Å². The molecule has 6 N–H and O–H groups in total. The van der Waals surface area contributed by atoms with Crippen LogP contribution in [-0.4, -0.2) is 16.8 Å². The minimum atomic E-state index is -0.573. The molecule has 74 valence electrons. The number of nitrogens with two attached hydrogens (primary N) is 2. The molecule has 0 saturated heterocycles. The van der Waals surface area contributed by atoms with Gasteiger partial charge in [-0.3, -0.25) is 25.4 Å². The molecule has 1 aromatic heterocycles. The fourth-order valence-electron chi connectivity index (χ4n) is 0.853. The molecule has 7 heteroatoms. The Morgan fingerprint density at radius 3 is 2.43 bits per heavy atom. The summed E-state index contributed by atoms with van der Waals surface area (Å²) in [5.41, 5.74) is 4.12. The van der Waals surface area contributed by atoms with E-state index < -0.39 is 11.8 Å². The van der Waals surface area contributed by atoms with Crippen LogP contribution in [0.1, 0.15) is 20.8 Å². The zero-order valence-electron chi connectivity index (χ0n) is 7.15. The van der Waals surface area contributed by atoms with Crippen molar-refractivity contribution in [2.24, 2.45) is 11.7 Å². The quantitative estimate of drug-likeness (QED) is 0.254. The van der Waals surface area contributed by atoms with E-state index in [0.29, 0.717) is 0 Å². The Labute approximate surface area is 79.4 Å². The molecule has 0 atom stereocenters. The topological polar surface area (TPSA) is 123 Å². The molecule has 0 aliphatic carbocycles. The lowest BCUT2D eigenvalue weighted by molar-refractivity contribution is 0.0948. The first-order valence-electron chi connectivity index (χ1n) is 3.67. The minimum absolute atomic E-state index is 0.0496. The number of carbonyl (C=O) groups is 2. The summed E-state index contributed by atoms with van der Waals surface area (Å²) in [7, 11) is 0. The van der Waals surface area contributed by atoms with Gasteiger partial charge >= 0.3 is 0 Å². The van der Waals surface area contributed by atoms with Gasteiger partial charge in [-0.2, -0.15) is 0 Å². The molecule has 7 nitrogen and oxygen atoms in total. The number of nitrogen functional groups attached to an aromatic ring is 2. The lowest BCUT2D eigenvalue weighted by Gasteiger charge is -2.01. The molecule has 0 spiro atoms. The van der Waals surface area contributed by atoms with Gasteiger partial charge in [0.05, 0.1) is 0 Å². The largest absolute Gasteiger partial charge is 0.290 e. The van der Waals surface area contributed by atoms with E-state index in [1.165, 1.54) is 18.3 Å². The van der Waals surface area contributed by atoms with Crippen molar-refractivity contribution in [1.82, 2.24) is 15.8 Å². The third kappa shape index (κ3) is 2.03. The number of nitrogens with zero attached hydrogens (tertiary/aromatic N) is 1. The van der Waals surface area contributed by atoms with Gasteiger partial charge in [-0.05, 0) is 12.1 Å². The number of amides is 2. The maximum atomic E-state index is 11.0. The molecule has 0 unspecified atom stereocenters. The van der Waals surface area contributed by atoms with E-state index in [1.54, 1.807) is 0 Å². The van der Waals surface area contributed by atoms with Crippen LogP contribution in [0.2, 0.25) is 0 Å². The van der Waals surface area contributed by atoms with Gasteiger partial charge in [0, 0.05) is 11.8 Å². The van der Waals surface area contributed by atoms with Crippen LogP contribution in [0.5, 0.6) is 0 Å². The molecule has 14 heavy (non-hydrogen) atoms. The summed E-state index contributed by atoms with van der Waals surface area (Å²) in [6, 6.07) is 2.71. The number of nitrogens with one attached hydrogen (secondary N) is 2. The third-order valence-corrected chi connectivity index (χ3v) is 1.52. The molecule has 0 aromatic carbocycles. The number of carbonyl (C=O) groups excluding carboxylic acids is 2. The first-order valence-corrected chi connectivity index (χ1v) is 3.67. The van der Waals surface area contributed by atoms with E-state index in [-0.39, 0.29) is 11.3 Å². The number of aromatic nitrogens is 1. The van der Waals surface area contributed by atoms with Crippen molar-refractivity contribution in [1.29, 1.82) is 0 Å². The smallest absolute Gasteiger partial charge is 0.283 e. The Hall–Kier alpha value is -1.99. The normalized spacial score (nSPS) is 9.29. The molecule has 0 aliphatic heterocycles. The highest BCUT2D eigenvalue weighted by Gasteiger charge is 2.09. The van der Waals surface area contributed by atoms with Gasteiger partial charge in [0.1, 0.15) is 5.69 Å². The van der Waals surface area contributed by atoms with Crippen molar-refractivity contribution in [2.45, 2.75) is 0 Å². The molecule has 1 heterocycles. The summed E-state index contributed by atoms with van der Waals surface area (Å²) in [6.07, 6.45) is 1.31. The fourth-order valence-corrected chi connectivity index (χ4v) is 0.853. The van der Waals surface area contributed by atoms with Gasteiger partial charge in [0.15, 0.2) is 0 Å². The molecule has 0 bridgehead atoms. The van der Waals surface area contributed by atoms with Crippen molar-refractivity contribution in [3.63, 3.8) is 0 Å². The second-order valence-corrected chi connectivity index (χ2v) is 2.38. The SMILES string of the molecule is NNC(=O)c1ccnc(C(=O)NN)c1. The van der Waals surface area contributed by atoms with Gasteiger partial charge in [-0.25, -0.2) is 11.7 Å². The van der Waals surface area contributed by atoms with Crippen LogP contribution in [0, 0.1) is 0 Å². The van der Waals surface area contributed by atoms with Crippen LogP contribution in [0.4, 0.5) is 0 Å². The molecule has 1 aromatic rings. The highest BCUT2D eigenvalue weighted by atomic mass is 16.2. The Bertz CT molecular complexity index is 334. The van der Waals surface area contributed by atoms with Gasteiger partial charge in [-0.1, -0.05) is 0 Å². The van der Waals surface area contributed by atoms with Crippen molar-refractivity contribution in [3.8, 4) is 0 Å². The second kappa shape index (κ2) is 4.30. The first kappa shape index (κ1) is 10.1. The molecule has 0 aliphatic rings. The second-order valence-electron chi connectivity index (χ2n) is 2.38. The average Bonchev–Trinajstić information content (AvgIpc) is 2.27. The summed E-state index contributed by atoms with van der Waals surface area (Å²) in [6.45, 7) is 0. The maximum absolute atomic E-state index is 11.0. The number of rotatable bonds is 2. The van der Waals surface area contributed by atoms with Gasteiger partial charge < -0.3 is 0 Å². The average molecular weight is 195 g/mol. The zero-order valence-corrected chi connectivity index (χ0v) is 7.15. The van der Waals surface area contributed by atoms with Crippen LogP contribution in [0.25, 0.3) is 0 Å². The number of hydrogen-bond acceptors (Lipinski definition) is 5. The summed E-state index contributed by atoms with van der Waals surface area (Å²) >= 11 is 0. The third-order valence-electron chi connectivity index (χ3n) is 1.52. The van der Waals surface area contributed by atoms with Crippen molar-refractivity contribution in [3.05, 3.63) is 29.6 Å². The van der Waals surface area contributed by atoms with Crippen LogP contribution in [-0.2, 0) is 0 Å². The van der Waals surface area contributed by atoms with E-state index in [9.17, 15) is 9.59 Å². The Morgan fingerprint density at radius 1 is 1.21 bits per heavy atom. The van der Waals surface area contributed by atoms with Gasteiger partial charge in [-0.15, -0.1) is 0 Å². The predicted molar refractivity (Wildman–Crippen MR) is 47.5 cm³/mol. The van der Waals surface area contributed by atoms with Crippen LogP contribution < -0.4 is 22.5 Å². The molecule has 0 saturated carbocycles. The monoisotopic (exact) mass is 195 g/mol. The van der Waals surface area contributed by atoms with Gasteiger partial charge in [0.2, 0.25) is 0 Å². The summed E-state index contributed by atoms with van der Waals surface area (Å²) < 4.78 is 0. The van der Waals surface area contributed by atoms with E-state index in [4.69, 9.17) is 11.7 Å². The van der Waals surface area contributed by atoms with E-state index in [2.05, 4.69) is 4.98 Å².